The molecule has 1 aliphatic carbocycles. The lowest BCUT2D eigenvalue weighted by molar-refractivity contribution is -0.130. The summed E-state index contributed by atoms with van der Waals surface area (Å²) in [6.07, 6.45) is 2.52. The SMILES string of the molecule is CC(C)(C)C(=O)CNC(=O)C[C@@H]1CCCC1=O. The van der Waals surface area contributed by atoms with Crippen LogP contribution in [0.4, 0.5) is 0 Å². The Hall–Kier alpha value is -1.19. The number of rotatable bonds is 4. The van der Waals surface area contributed by atoms with Crippen molar-refractivity contribution in [3.05, 3.63) is 0 Å². The van der Waals surface area contributed by atoms with Crippen molar-refractivity contribution in [2.75, 3.05) is 6.54 Å². The zero-order chi connectivity index (χ0) is 13.1. The van der Waals surface area contributed by atoms with Gasteiger partial charge in [-0.2, -0.15) is 0 Å². The van der Waals surface area contributed by atoms with Gasteiger partial charge in [0, 0.05) is 24.2 Å². The Morgan fingerprint density at radius 2 is 2.00 bits per heavy atom. The second kappa shape index (κ2) is 5.43. The molecule has 1 rings (SSSR count). The highest BCUT2D eigenvalue weighted by atomic mass is 16.2. The highest BCUT2D eigenvalue weighted by Crippen LogP contribution is 2.24. The van der Waals surface area contributed by atoms with E-state index in [0.717, 1.165) is 12.8 Å². The average Bonchev–Trinajstić information content (AvgIpc) is 2.59. The van der Waals surface area contributed by atoms with Gasteiger partial charge in [0.15, 0.2) is 5.78 Å². The normalized spacial score (nSPS) is 20.4. The molecule has 0 spiro atoms. The van der Waals surface area contributed by atoms with Gasteiger partial charge in [-0.25, -0.2) is 0 Å². The molecule has 17 heavy (non-hydrogen) atoms. The summed E-state index contributed by atoms with van der Waals surface area (Å²) < 4.78 is 0. The van der Waals surface area contributed by atoms with Crippen molar-refractivity contribution in [1.29, 1.82) is 0 Å². The summed E-state index contributed by atoms with van der Waals surface area (Å²) in [6.45, 7) is 5.52. The number of hydrogen-bond acceptors (Lipinski definition) is 3. The number of ketones is 2. The van der Waals surface area contributed by atoms with Crippen molar-refractivity contribution in [2.45, 2.75) is 46.5 Å². The number of Topliss-reactive ketones (excluding diaryl/α,β-unsaturated/α-hetero) is 2. The fraction of sp³-hybridized carbons (Fsp3) is 0.769. The van der Waals surface area contributed by atoms with Crippen LogP contribution in [-0.4, -0.2) is 24.0 Å². The van der Waals surface area contributed by atoms with Crippen LogP contribution in [0.1, 0.15) is 46.5 Å². The molecular formula is C13H21NO3. The molecule has 0 bridgehead atoms. The zero-order valence-corrected chi connectivity index (χ0v) is 10.8. The maximum atomic E-state index is 11.6. The quantitative estimate of drug-likeness (QED) is 0.808. The van der Waals surface area contributed by atoms with Gasteiger partial charge in [0.25, 0.3) is 0 Å². The summed E-state index contributed by atoms with van der Waals surface area (Å²) in [5, 5.41) is 2.60. The Labute approximate surface area is 102 Å². The lowest BCUT2D eigenvalue weighted by atomic mass is 9.91. The molecule has 0 saturated heterocycles. The van der Waals surface area contributed by atoms with E-state index in [0.29, 0.717) is 6.42 Å². The largest absolute Gasteiger partial charge is 0.349 e. The van der Waals surface area contributed by atoms with Crippen molar-refractivity contribution in [3.8, 4) is 0 Å². The van der Waals surface area contributed by atoms with Crippen LogP contribution in [0.5, 0.6) is 0 Å². The molecular weight excluding hydrogens is 218 g/mol. The number of carbonyl (C=O) groups is 3. The zero-order valence-electron chi connectivity index (χ0n) is 10.8. The minimum absolute atomic E-state index is 0.00333. The second-order valence-electron chi connectivity index (χ2n) is 5.71. The minimum Gasteiger partial charge on any atom is -0.349 e. The van der Waals surface area contributed by atoms with Crippen molar-refractivity contribution >= 4 is 17.5 Å². The Kier molecular flexibility index (Phi) is 4.43. The maximum absolute atomic E-state index is 11.6. The summed E-state index contributed by atoms with van der Waals surface area (Å²) in [5.74, 6) is -0.131. The van der Waals surface area contributed by atoms with Gasteiger partial charge in [-0.1, -0.05) is 20.8 Å². The number of carbonyl (C=O) groups excluding carboxylic acids is 3. The molecule has 0 radical (unpaired) electrons. The van der Waals surface area contributed by atoms with Gasteiger partial charge in [0.2, 0.25) is 5.91 Å². The first kappa shape index (κ1) is 13.9. The summed E-state index contributed by atoms with van der Waals surface area (Å²) >= 11 is 0. The van der Waals surface area contributed by atoms with Gasteiger partial charge in [-0.15, -0.1) is 0 Å². The summed E-state index contributed by atoms with van der Waals surface area (Å²) in [6, 6.07) is 0. The van der Waals surface area contributed by atoms with E-state index in [9.17, 15) is 14.4 Å². The highest BCUT2D eigenvalue weighted by Gasteiger charge is 2.27. The molecule has 4 heteroatoms. The molecule has 0 unspecified atom stereocenters. The van der Waals surface area contributed by atoms with Crippen LogP contribution in [0.15, 0.2) is 0 Å². The molecule has 4 nitrogen and oxygen atoms in total. The van der Waals surface area contributed by atoms with Crippen LogP contribution in [0.2, 0.25) is 0 Å². The first-order valence-electron chi connectivity index (χ1n) is 6.13. The maximum Gasteiger partial charge on any atom is 0.221 e. The van der Waals surface area contributed by atoms with Gasteiger partial charge < -0.3 is 5.32 Å². The standard InChI is InChI=1S/C13H21NO3/c1-13(2,3)11(16)8-14-12(17)7-9-5-4-6-10(9)15/h9H,4-8H2,1-3H3,(H,14,17)/t9-/m0/s1. The first-order valence-corrected chi connectivity index (χ1v) is 6.13. The smallest absolute Gasteiger partial charge is 0.221 e. The Balaban J connectivity index is 2.31. The van der Waals surface area contributed by atoms with E-state index in [1.807, 2.05) is 20.8 Å². The van der Waals surface area contributed by atoms with Crippen LogP contribution in [0.25, 0.3) is 0 Å². The molecule has 1 atom stereocenters. The first-order chi connectivity index (χ1) is 7.80. The summed E-state index contributed by atoms with van der Waals surface area (Å²) in [5.41, 5.74) is -0.434. The minimum atomic E-state index is -0.434. The molecule has 96 valence electrons. The third kappa shape index (κ3) is 4.29. The fourth-order valence-corrected chi connectivity index (χ4v) is 1.84. The van der Waals surface area contributed by atoms with Crippen LogP contribution in [0, 0.1) is 11.3 Å². The number of hydrogen-bond donors (Lipinski definition) is 1. The van der Waals surface area contributed by atoms with E-state index in [1.165, 1.54) is 0 Å². The predicted molar refractivity (Wildman–Crippen MR) is 64.4 cm³/mol. The van der Waals surface area contributed by atoms with Gasteiger partial charge in [-0.3, -0.25) is 14.4 Å². The van der Waals surface area contributed by atoms with Crippen LogP contribution in [0.3, 0.4) is 0 Å². The molecule has 0 heterocycles. The van der Waals surface area contributed by atoms with Gasteiger partial charge in [0.05, 0.1) is 6.54 Å². The van der Waals surface area contributed by atoms with E-state index < -0.39 is 5.41 Å². The van der Waals surface area contributed by atoms with Gasteiger partial charge in [0.1, 0.15) is 5.78 Å². The number of nitrogens with one attached hydrogen (secondary N) is 1. The van der Waals surface area contributed by atoms with Crippen LogP contribution >= 0.6 is 0 Å². The highest BCUT2D eigenvalue weighted by molar-refractivity contribution is 5.91. The molecule has 0 aromatic heterocycles. The van der Waals surface area contributed by atoms with E-state index in [2.05, 4.69) is 5.32 Å². The monoisotopic (exact) mass is 239 g/mol. The van der Waals surface area contributed by atoms with Crippen molar-refractivity contribution in [3.63, 3.8) is 0 Å². The van der Waals surface area contributed by atoms with E-state index >= 15 is 0 Å². The molecule has 0 aromatic rings. The second-order valence-corrected chi connectivity index (χ2v) is 5.71. The molecule has 1 amide bonds. The fourth-order valence-electron chi connectivity index (χ4n) is 1.84. The third-order valence-electron chi connectivity index (χ3n) is 3.15. The van der Waals surface area contributed by atoms with Crippen LogP contribution in [-0.2, 0) is 14.4 Å². The summed E-state index contributed by atoms with van der Waals surface area (Å²) in [4.78, 5) is 34.5. The molecule has 1 saturated carbocycles. The Morgan fingerprint density at radius 1 is 1.35 bits per heavy atom. The van der Waals surface area contributed by atoms with E-state index in [1.54, 1.807) is 0 Å². The molecule has 0 aliphatic heterocycles. The Bertz CT molecular complexity index is 328. The predicted octanol–water partition coefficient (Wildman–Crippen LogP) is 1.48. The lowest BCUT2D eigenvalue weighted by Gasteiger charge is -2.17. The van der Waals surface area contributed by atoms with Gasteiger partial charge >= 0.3 is 0 Å². The van der Waals surface area contributed by atoms with Crippen molar-refractivity contribution < 1.29 is 14.4 Å². The molecule has 1 aliphatic rings. The third-order valence-corrected chi connectivity index (χ3v) is 3.15. The topological polar surface area (TPSA) is 63.2 Å². The van der Waals surface area contributed by atoms with E-state index in [-0.39, 0.29) is 36.4 Å². The summed E-state index contributed by atoms with van der Waals surface area (Å²) in [7, 11) is 0. The molecule has 1 fully saturated rings. The van der Waals surface area contributed by atoms with Crippen molar-refractivity contribution in [2.24, 2.45) is 11.3 Å². The van der Waals surface area contributed by atoms with Crippen molar-refractivity contribution in [1.82, 2.24) is 5.32 Å². The van der Waals surface area contributed by atoms with Gasteiger partial charge in [-0.05, 0) is 12.8 Å². The Morgan fingerprint density at radius 3 is 2.47 bits per heavy atom. The number of amides is 1. The molecule has 1 N–H and O–H groups in total. The average molecular weight is 239 g/mol. The molecule has 0 aromatic carbocycles. The lowest BCUT2D eigenvalue weighted by Crippen LogP contribution is -2.36. The van der Waals surface area contributed by atoms with Crippen LogP contribution < -0.4 is 5.32 Å². The van der Waals surface area contributed by atoms with E-state index in [4.69, 9.17) is 0 Å².